The van der Waals surface area contributed by atoms with Crippen molar-refractivity contribution in [3.8, 4) is 0 Å². The Morgan fingerprint density at radius 2 is 0.903 bits per heavy atom. The lowest BCUT2D eigenvalue weighted by Crippen LogP contribution is -2.37. The third-order valence-electron chi connectivity index (χ3n) is 5.61. The van der Waals surface area contributed by atoms with E-state index in [1.165, 1.54) is 64.2 Å². The molecule has 4 nitrogen and oxygen atoms in total. The molecule has 0 saturated heterocycles. The van der Waals surface area contributed by atoms with E-state index >= 15 is 0 Å². The number of hydrogen-bond donors (Lipinski definition) is 0. The molecule has 0 bridgehead atoms. The van der Waals surface area contributed by atoms with Crippen molar-refractivity contribution in [1.82, 2.24) is 0 Å². The molecule has 0 aromatic rings. The van der Waals surface area contributed by atoms with Gasteiger partial charge in [-0.25, -0.2) is 0 Å². The van der Waals surface area contributed by atoms with Crippen LogP contribution in [0.1, 0.15) is 117 Å². The molecule has 184 valence electrons. The van der Waals surface area contributed by atoms with Crippen LogP contribution in [-0.2, 0) is 19.1 Å². The first-order valence-corrected chi connectivity index (χ1v) is 14.7. The van der Waals surface area contributed by atoms with Gasteiger partial charge in [0.25, 0.3) is 0 Å². The molecule has 31 heavy (non-hydrogen) atoms. The summed E-state index contributed by atoms with van der Waals surface area (Å²) in [7, 11) is 0. The molecule has 0 aliphatic carbocycles. The van der Waals surface area contributed by atoms with E-state index in [9.17, 15) is 9.59 Å². The van der Waals surface area contributed by atoms with Gasteiger partial charge < -0.3 is 9.47 Å². The molecule has 6 heteroatoms. The molecular formula is C25H46Br2O4. The van der Waals surface area contributed by atoms with Crippen LogP contribution >= 0.6 is 31.9 Å². The molecule has 0 amide bonds. The standard InChI is InChI=1S/C25H46Br2O4/c1-3-5-7-9-11-13-15-17-23(28)30-21-25(19-26,20-27)22-31-24(29)18-16-14-12-10-8-6-4-2/h3-22H2,1-2H3. The Hall–Kier alpha value is -0.100. The highest BCUT2D eigenvalue weighted by Crippen LogP contribution is 2.25. The summed E-state index contributed by atoms with van der Waals surface area (Å²) in [6, 6.07) is 0. The number of carbonyl (C=O) groups excluding carboxylic acids is 2. The molecule has 0 atom stereocenters. The Morgan fingerprint density at radius 1 is 0.581 bits per heavy atom. The van der Waals surface area contributed by atoms with Crippen molar-refractivity contribution in [2.45, 2.75) is 117 Å². The summed E-state index contributed by atoms with van der Waals surface area (Å²) < 4.78 is 11.0. The summed E-state index contributed by atoms with van der Waals surface area (Å²) in [6.45, 7) is 4.94. The van der Waals surface area contributed by atoms with Crippen LogP contribution in [-0.4, -0.2) is 35.8 Å². The number of ether oxygens (including phenoxy) is 2. The summed E-state index contributed by atoms with van der Waals surface area (Å²) in [5, 5.41) is 1.20. The van der Waals surface area contributed by atoms with E-state index in [-0.39, 0.29) is 25.2 Å². The second kappa shape index (κ2) is 21.7. The Kier molecular flexibility index (Phi) is 21.7. The summed E-state index contributed by atoms with van der Waals surface area (Å²) in [5.41, 5.74) is -0.425. The summed E-state index contributed by atoms with van der Waals surface area (Å²) >= 11 is 7.02. The highest BCUT2D eigenvalue weighted by Gasteiger charge is 2.32. The van der Waals surface area contributed by atoms with Crippen molar-refractivity contribution in [3.63, 3.8) is 0 Å². The monoisotopic (exact) mass is 568 g/mol. The maximum Gasteiger partial charge on any atom is 0.305 e. The van der Waals surface area contributed by atoms with Gasteiger partial charge in [0.05, 0.1) is 5.41 Å². The molecule has 0 spiro atoms. The number of unbranched alkanes of at least 4 members (excludes halogenated alkanes) is 12. The molecule has 0 rings (SSSR count). The number of alkyl halides is 2. The van der Waals surface area contributed by atoms with Gasteiger partial charge in [0, 0.05) is 23.5 Å². The molecule has 0 aliphatic rings. The van der Waals surface area contributed by atoms with Gasteiger partial charge in [0.1, 0.15) is 13.2 Å². The van der Waals surface area contributed by atoms with Gasteiger partial charge in [0.15, 0.2) is 0 Å². The number of carbonyl (C=O) groups is 2. The zero-order valence-electron chi connectivity index (χ0n) is 20.0. The molecule has 0 heterocycles. The maximum atomic E-state index is 12.1. The van der Waals surface area contributed by atoms with Crippen LogP contribution < -0.4 is 0 Å². The number of rotatable bonds is 22. The van der Waals surface area contributed by atoms with E-state index < -0.39 is 5.41 Å². The SMILES string of the molecule is CCCCCCCCCC(=O)OCC(CBr)(CBr)COC(=O)CCCCCCCCC. The minimum absolute atomic E-state index is 0.158. The van der Waals surface area contributed by atoms with E-state index in [0.717, 1.165) is 25.7 Å². The summed E-state index contributed by atoms with van der Waals surface area (Å²) in [4.78, 5) is 24.2. The second-order valence-electron chi connectivity index (χ2n) is 8.83. The van der Waals surface area contributed by atoms with Crippen LogP contribution in [0.25, 0.3) is 0 Å². The van der Waals surface area contributed by atoms with E-state index in [0.29, 0.717) is 23.5 Å². The highest BCUT2D eigenvalue weighted by molar-refractivity contribution is 9.09. The lowest BCUT2D eigenvalue weighted by molar-refractivity contribution is -0.152. The van der Waals surface area contributed by atoms with Crippen molar-refractivity contribution in [1.29, 1.82) is 0 Å². The molecule has 0 radical (unpaired) electrons. The van der Waals surface area contributed by atoms with Gasteiger partial charge in [0.2, 0.25) is 0 Å². The first-order chi connectivity index (χ1) is 15.0. The van der Waals surface area contributed by atoms with Crippen LogP contribution in [0.5, 0.6) is 0 Å². The van der Waals surface area contributed by atoms with Gasteiger partial charge in [-0.1, -0.05) is 123 Å². The Bertz CT molecular complexity index is 403. The average molecular weight is 570 g/mol. The molecule has 0 aromatic carbocycles. The van der Waals surface area contributed by atoms with E-state index in [1.807, 2.05) is 0 Å². The first kappa shape index (κ1) is 30.9. The quantitative estimate of drug-likeness (QED) is 0.0750. The fourth-order valence-corrected chi connectivity index (χ4v) is 4.87. The van der Waals surface area contributed by atoms with Crippen LogP contribution in [0.4, 0.5) is 0 Å². The van der Waals surface area contributed by atoms with E-state index in [2.05, 4.69) is 45.7 Å². The third-order valence-corrected chi connectivity index (χ3v) is 7.99. The van der Waals surface area contributed by atoms with Crippen LogP contribution in [0.2, 0.25) is 0 Å². The van der Waals surface area contributed by atoms with E-state index in [4.69, 9.17) is 9.47 Å². The molecule has 0 saturated carbocycles. The topological polar surface area (TPSA) is 52.6 Å². The van der Waals surface area contributed by atoms with Crippen LogP contribution in [0.15, 0.2) is 0 Å². The lowest BCUT2D eigenvalue weighted by Gasteiger charge is -2.28. The van der Waals surface area contributed by atoms with E-state index in [1.54, 1.807) is 0 Å². The van der Waals surface area contributed by atoms with Gasteiger partial charge in [-0.3, -0.25) is 9.59 Å². The molecular weight excluding hydrogens is 524 g/mol. The smallest absolute Gasteiger partial charge is 0.305 e. The Morgan fingerprint density at radius 3 is 1.23 bits per heavy atom. The minimum Gasteiger partial charge on any atom is -0.465 e. The second-order valence-corrected chi connectivity index (χ2v) is 9.95. The molecule has 0 unspecified atom stereocenters. The third kappa shape index (κ3) is 18.1. The number of hydrogen-bond acceptors (Lipinski definition) is 4. The Labute approximate surface area is 208 Å². The van der Waals surface area contributed by atoms with Gasteiger partial charge in [-0.05, 0) is 12.8 Å². The average Bonchev–Trinajstić information content (AvgIpc) is 2.78. The van der Waals surface area contributed by atoms with Gasteiger partial charge in [-0.2, -0.15) is 0 Å². The van der Waals surface area contributed by atoms with Crippen LogP contribution in [0.3, 0.4) is 0 Å². The van der Waals surface area contributed by atoms with Crippen molar-refractivity contribution in [3.05, 3.63) is 0 Å². The van der Waals surface area contributed by atoms with Crippen molar-refractivity contribution < 1.29 is 19.1 Å². The normalized spacial score (nSPS) is 11.5. The van der Waals surface area contributed by atoms with Gasteiger partial charge >= 0.3 is 11.9 Å². The number of halogens is 2. The predicted molar refractivity (Wildman–Crippen MR) is 137 cm³/mol. The van der Waals surface area contributed by atoms with Crippen LogP contribution in [0, 0.1) is 5.41 Å². The number of esters is 2. The highest BCUT2D eigenvalue weighted by atomic mass is 79.9. The predicted octanol–water partition coefficient (Wildman–Crippen LogP) is 8.13. The fraction of sp³-hybridized carbons (Fsp3) is 0.920. The van der Waals surface area contributed by atoms with Gasteiger partial charge in [-0.15, -0.1) is 0 Å². The fourth-order valence-electron chi connectivity index (χ4n) is 3.30. The Balaban J connectivity index is 4.01. The minimum atomic E-state index is -0.425. The molecule has 0 aliphatic heterocycles. The van der Waals surface area contributed by atoms with Crippen molar-refractivity contribution >= 4 is 43.8 Å². The summed E-state index contributed by atoms with van der Waals surface area (Å²) in [5.74, 6) is -0.316. The molecule has 0 N–H and O–H groups in total. The molecule has 0 fully saturated rings. The molecule has 0 aromatic heterocycles. The zero-order valence-corrected chi connectivity index (χ0v) is 23.2. The maximum absolute atomic E-state index is 12.1. The lowest BCUT2D eigenvalue weighted by atomic mass is 9.96. The zero-order chi connectivity index (χ0) is 23.2. The summed E-state index contributed by atoms with van der Waals surface area (Å²) in [6.07, 6.45) is 17.4. The van der Waals surface area contributed by atoms with Crippen molar-refractivity contribution in [2.24, 2.45) is 5.41 Å². The first-order valence-electron chi connectivity index (χ1n) is 12.5. The van der Waals surface area contributed by atoms with Crippen molar-refractivity contribution in [2.75, 3.05) is 23.9 Å². The largest absolute Gasteiger partial charge is 0.465 e.